The summed E-state index contributed by atoms with van der Waals surface area (Å²) in [4.78, 5) is 12.0. The van der Waals surface area contributed by atoms with Crippen molar-refractivity contribution in [2.24, 2.45) is 5.73 Å². The average Bonchev–Trinajstić information content (AvgIpc) is 2.81. The molecule has 3 N–H and O–H groups in total. The topological polar surface area (TPSA) is 64.3 Å². The highest BCUT2D eigenvalue weighted by molar-refractivity contribution is 9.10. The van der Waals surface area contributed by atoms with Gasteiger partial charge in [-0.3, -0.25) is 4.79 Å². The van der Waals surface area contributed by atoms with Crippen molar-refractivity contribution < 1.29 is 9.53 Å². The van der Waals surface area contributed by atoms with E-state index in [9.17, 15) is 4.79 Å². The van der Waals surface area contributed by atoms with Gasteiger partial charge < -0.3 is 15.8 Å². The number of halogens is 1. The van der Waals surface area contributed by atoms with E-state index in [1.54, 1.807) is 7.11 Å². The Kier molecular flexibility index (Phi) is 4.96. The molecule has 1 aromatic rings. The number of nitrogens with two attached hydrogens (primary N) is 1. The Bertz CT molecular complexity index is 461. The number of ether oxygens (including phenoxy) is 1. The van der Waals surface area contributed by atoms with Crippen molar-refractivity contribution in [3.63, 3.8) is 0 Å². The minimum absolute atomic E-state index is 0.00451. The third-order valence-corrected chi connectivity index (χ3v) is 4.30. The third-order valence-electron chi connectivity index (χ3n) is 3.56. The van der Waals surface area contributed by atoms with Gasteiger partial charge in [0.25, 0.3) is 0 Å². The summed E-state index contributed by atoms with van der Waals surface area (Å²) in [7, 11) is 1.58. The summed E-state index contributed by atoms with van der Waals surface area (Å²) in [6.07, 6.45) is 2.05. The summed E-state index contributed by atoms with van der Waals surface area (Å²) >= 11 is 3.55. The molecule has 2 rings (SSSR count). The van der Waals surface area contributed by atoms with Crippen molar-refractivity contribution in [3.05, 3.63) is 33.8 Å². The molecule has 5 heteroatoms. The molecule has 2 unspecified atom stereocenters. The Hall–Kier alpha value is -0.910. The molecule has 19 heavy (non-hydrogen) atoms. The molecule has 0 saturated carbocycles. The quantitative estimate of drug-likeness (QED) is 0.868. The van der Waals surface area contributed by atoms with Gasteiger partial charge in [-0.25, -0.2) is 0 Å². The van der Waals surface area contributed by atoms with Gasteiger partial charge in [-0.15, -0.1) is 0 Å². The Morgan fingerprint density at radius 1 is 1.63 bits per heavy atom. The molecule has 0 aromatic heterocycles. The Morgan fingerprint density at radius 3 is 3.11 bits per heavy atom. The molecule has 1 aromatic carbocycles. The molecule has 1 aliphatic rings. The normalized spacial score (nSPS) is 19.0. The van der Waals surface area contributed by atoms with Crippen LogP contribution in [0.5, 0.6) is 0 Å². The summed E-state index contributed by atoms with van der Waals surface area (Å²) in [6.45, 7) is 0.358. The Labute approximate surface area is 121 Å². The molecule has 4 nitrogen and oxygen atoms in total. The van der Waals surface area contributed by atoms with E-state index in [-0.39, 0.29) is 18.1 Å². The highest BCUT2D eigenvalue weighted by Gasteiger charge is 2.25. The number of nitrogens with one attached hydrogen (secondary N) is 1. The van der Waals surface area contributed by atoms with Crippen molar-refractivity contribution >= 4 is 21.8 Å². The van der Waals surface area contributed by atoms with E-state index in [1.807, 2.05) is 12.1 Å². The highest BCUT2D eigenvalue weighted by Crippen LogP contribution is 2.35. The van der Waals surface area contributed by atoms with Gasteiger partial charge in [-0.05, 0) is 30.0 Å². The number of hydrogen-bond donors (Lipinski definition) is 2. The van der Waals surface area contributed by atoms with Gasteiger partial charge in [0.1, 0.15) is 0 Å². The number of carbonyl (C=O) groups is 1. The molecule has 2 atom stereocenters. The van der Waals surface area contributed by atoms with E-state index < -0.39 is 0 Å². The van der Waals surface area contributed by atoms with E-state index in [4.69, 9.17) is 10.5 Å². The Morgan fingerprint density at radius 2 is 2.42 bits per heavy atom. The summed E-state index contributed by atoms with van der Waals surface area (Å²) in [5.74, 6) is -0.00451. The maximum Gasteiger partial charge on any atom is 0.223 e. The van der Waals surface area contributed by atoms with Gasteiger partial charge >= 0.3 is 0 Å². The summed E-state index contributed by atoms with van der Waals surface area (Å²) in [5, 5.41) is 3.07. The number of carbonyl (C=O) groups excluding carboxylic acids is 1. The first-order valence-electron chi connectivity index (χ1n) is 6.45. The molecule has 0 fully saturated rings. The fourth-order valence-corrected chi connectivity index (χ4v) is 3.06. The van der Waals surface area contributed by atoms with E-state index in [0.29, 0.717) is 13.0 Å². The standard InChI is InChI=1S/C14H19BrN2O2/c1-19-9(8-16)7-14(18)17-13-6-5-10-11(13)3-2-4-12(10)15/h2-4,9,13H,5-8,16H2,1H3,(H,17,18). The minimum atomic E-state index is -0.205. The molecule has 0 radical (unpaired) electrons. The number of methoxy groups -OCH3 is 1. The van der Waals surface area contributed by atoms with Crippen LogP contribution in [0.15, 0.2) is 22.7 Å². The molecule has 0 bridgehead atoms. The lowest BCUT2D eigenvalue weighted by atomic mass is 10.1. The summed E-state index contributed by atoms with van der Waals surface area (Å²) in [6, 6.07) is 6.23. The molecule has 0 aliphatic heterocycles. The second kappa shape index (κ2) is 6.50. The van der Waals surface area contributed by atoms with Crippen LogP contribution in [0.4, 0.5) is 0 Å². The number of amides is 1. The van der Waals surface area contributed by atoms with Crippen LogP contribution in [0, 0.1) is 0 Å². The highest BCUT2D eigenvalue weighted by atomic mass is 79.9. The fraction of sp³-hybridized carbons (Fsp3) is 0.500. The maximum absolute atomic E-state index is 12.0. The van der Waals surface area contributed by atoms with Crippen LogP contribution in [0.2, 0.25) is 0 Å². The lowest BCUT2D eigenvalue weighted by Gasteiger charge is -2.17. The van der Waals surface area contributed by atoms with Crippen LogP contribution in [-0.2, 0) is 16.0 Å². The summed E-state index contributed by atoms with van der Waals surface area (Å²) in [5.41, 5.74) is 8.04. The summed E-state index contributed by atoms with van der Waals surface area (Å²) < 4.78 is 6.25. The van der Waals surface area contributed by atoms with Crippen molar-refractivity contribution in [1.82, 2.24) is 5.32 Å². The second-order valence-corrected chi connectivity index (χ2v) is 5.62. The van der Waals surface area contributed by atoms with Crippen molar-refractivity contribution in [1.29, 1.82) is 0 Å². The SMILES string of the molecule is COC(CN)CC(=O)NC1CCc2c(Br)cccc21. The largest absolute Gasteiger partial charge is 0.380 e. The number of benzene rings is 1. The van der Waals surface area contributed by atoms with Crippen LogP contribution in [0.1, 0.15) is 30.0 Å². The average molecular weight is 327 g/mol. The van der Waals surface area contributed by atoms with Crippen LogP contribution >= 0.6 is 15.9 Å². The van der Waals surface area contributed by atoms with Gasteiger partial charge in [0.15, 0.2) is 0 Å². The molecular weight excluding hydrogens is 308 g/mol. The monoisotopic (exact) mass is 326 g/mol. The maximum atomic E-state index is 12.0. The fourth-order valence-electron chi connectivity index (χ4n) is 2.48. The van der Waals surface area contributed by atoms with Crippen molar-refractivity contribution in [3.8, 4) is 0 Å². The van der Waals surface area contributed by atoms with Gasteiger partial charge in [-0.2, -0.15) is 0 Å². The first kappa shape index (κ1) is 14.5. The molecule has 104 valence electrons. The van der Waals surface area contributed by atoms with E-state index in [2.05, 4.69) is 27.3 Å². The van der Waals surface area contributed by atoms with Crippen LogP contribution in [-0.4, -0.2) is 25.7 Å². The van der Waals surface area contributed by atoms with E-state index >= 15 is 0 Å². The van der Waals surface area contributed by atoms with Crippen LogP contribution in [0.3, 0.4) is 0 Å². The lowest BCUT2D eigenvalue weighted by Crippen LogP contribution is -2.33. The number of hydrogen-bond acceptors (Lipinski definition) is 3. The number of fused-ring (bicyclic) bond motifs is 1. The molecule has 0 spiro atoms. The first-order valence-corrected chi connectivity index (χ1v) is 7.24. The minimum Gasteiger partial charge on any atom is -0.380 e. The Balaban J connectivity index is 1.99. The second-order valence-electron chi connectivity index (χ2n) is 4.76. The van der Waals surface area contributed by atoms with Gasteiger partial charge in [0.05, 0.1) is 18.6 Å². The van der Waals surface area contributed by atoms with Crippen molar-refractivity contribution in [2.75, 3.05) is 13.7 Å². The van der Waals surface area contributed by atoms with Gasteiger partial charge in [0.2, 0.25) is 5.91 Å². The zero-order valence-corrected chi connectivity index (χ0v) is 12.6. The zero-order valence-electron chi connectivity index (χ0n) is 11.0. The zero-order chi connectivity index (χ0) is 13.8. The first-order chi connectivity index (χ1) is 9.15. The molecule has 0 heterocycles. The lowest BCUT2D eigenvalue weighted by molar-refractivity contribution is -0.124. The molecular formula is C14H19BrN2O2. The van der Waals surface area contributed by atoms with Crippen LogP contribution in [0.25, 0.3) is 0 Å². The predicted molar refractivity (Wildman–Crippen MR) is 77.8 cm³/mol. The smallest absolute Gasteiger partial charge is 0.223 e. The molecule has 0 saturated heterocycles. The van der Waals surface area contributed by atoms with Gasteiger partial charge in [-0.1, -0.05) is 28.1 Å². The predicted octanol–water partition coefficient (Wildman–Crippen LogP) is 1.92. The molecule has 1 amide bonds. The van der Waals surface area contributed by atoms with E-state index in [0.717, 1.165) is 17.3 Å². The number of rotatable bonds is 5. The van der Waals surface area contributed by atoms with Gasteiger partial charge in [0, 0.05) is 18.1 Å². The third kappa shape index (κ3) is 3.35. The van der Waals surface area contributed by atoms with Crippen molar-refractivity contribution in [2.45, 2.75) is 31.4 Å². The van der Waals surface area contributed by atoms with Crippen LogP contribution < -0.4 is 11.1 Å². The molecule has 1 aliphatic carbocycles. The van der Waals surface area contributed by atoms with E-state index in [1.165, 1.54) is 11.1 Å².